The Morgan fingerprint density at radius 3 is 2.45 bits per heavy atom. The summed E-state index contributed by atoms with van der Waals surface area (Å²) in [6.45, 7) is 7.45. The van der Waals surface area contributed by atoms with Crippen LogP contribution in [-0.2, 0) is 4.79 Å². The smallest absolute Gasteiger partial charge is 0.233 e. The van der Waals surface area contributed by atoms with Gasteiger partial charge in [0.05, 0.1) is 17.4 Å². The molecule has 1 aliphatic heterocycles. The van der Waals surface area contributed by atoms with E-state index < -0.39 is 0 Å². The maximum Gasteiger partial charge on any atom is 0.233 e. The van der Waals surface area contributed by atoms with Crippen molar-refractivity contribution in [2.24, 2.45) is 0 Å². The summed E-state index contributed by atoms with van der Waals surface area (Å²) in [5.41, 5.74) is 4.03. The normalized spacial score (nSPS) is 14.2. The van der Waals surface area contributed by atoms with Gasteiger partial charge in [0.25, 0.3) is 0 Å². The molecule has 0 spiro atoms. The Kier molecular flexibility index (Phi) is 7.30. The summed E-state index contributed by atoms with van der Waals surface area (Å²) in [6, 6.07) is 18.2. The fraction of sp³-hybridized carbons (Fsp3) is 0.360. The lowest BCUT2D eigenvalue weighted by atomic mass is 10.0. The Morgan fingerprint density at radius 2 is 1.76 bits per heavy atom. The molecule has 33 heavy (non-hydrogen) atoms. The van der Waals surface area contributed by atoms with Crippen molar-refractivity contribution in [1.82, 2.24) is 19.7 Å². The molecule has 0 radical (unpaired) electrons. The van der Waals surface area contributed by atoms with Crippen LogP contribution in [-0.4, -0.2) is 57.5 Å². The Labute approximate surface area is 199 Å². The van der Waals surface area contributed by atoms with Crippen LogP contribution in [0.1, 0.15) is 37.3 Å². The van der Waals surface area contributed by atoms with Gasteiger partial charge in [0.1, 0.15) is 6.33 Å². The number of nitriles is 1. The summed E-state index contributed by atoms with van der Waals surface area (Å²) in [5.74, 6) is 0.930. The molecule has 8 heteroatoms. The predicted molar refractivity (Wildman–Crippen MR) is 131 cm³/mol. The van der Waals surface area contributed by atoms with Crippen LogP contribution in [0.2, 0.25) is 0 Å². The quantitative estimate of drug-likeness (QED) is 0.516. The Hall–Kier alpha value is -3.31. The predicted octanol–water partition coefficient (Wildman–Crippen LogP) is 4.09. The lowest BCUT2D eigenvalue weighted by Gasteiger charge is -2.23. The zero-order valence-corrected chi connectivity index (χ0v) is 19.8. The van der Waals surface area contributed by atoms with E-state index in [-0.39, 0.29) is 5.91 Å². The molecule has 0 atom stereocenters. The second kappa shape index (κ2) is 10.5. The standard InChI is InChI=1S/C25H28N6OS/c1-19(2)21-6-10-23(11-7-21)31-18-27-28-25(31)33-17-24(32)30-13-3-12-29(14-15-30)22-8-4-20(16-26)5-9-22/h4-11,18-19H,3,12-15,17H2,1-2H3. The molecule has 1 aromatic heterocycles. The fourth-order valence-electron chi connectivity index (χ4n) is 3.91. The first-order valence-corrected chi connectivity index (χ1v) is 12.2. The van der Waals surface area contributed by atoms with E-state index in [0.717, 1.165) is 42.6 Å². The number of rotatable bonds is 6. The lowest BCUT2D eigenvalue weighted by molar-refractivity contribution is -0.128. The van der Waals surface area contributed by atoms with E-state index in [1.165, 1.54) is 17.3 Å². The minimum Gasteiger partial charge on any atom is -0.370 e. The lowest BCUT2D eigenvalue weighted by Crippen LogP contribution is -2.36. The maximum absolute atomic E-state index is 12.9. The van der Waals surface area contributed by atoms with Gasteiger partial charge >= 0.3 is 0 Å². The minimum atomic E-state index is 0.117. The highest BCUT2D eigenvalue weighted by Gasteiger charge is 2.20. The molecule has 0 aliphatic carbocycles. The highest BCUT2D eigenvalue weighted by molar-refractivity contribution is 7.99. The van der Waals surface area contributed by atoms with Crippen LogP contribution < -0.4 is 4.90 Å². The molecular formula is C25H28N6OS. The van der Waals surface area contributed by atoms with Gasteiger partial charge in [-0.25, -0.2) is 0 Å². The molecule has 3 aromatic rings. The number of hydrogen-bond acceptors (Lipinski definition) is 6. The molecule has 0 bridgehead atoms. The van der Waals surface area contributed by atoms with Gasteiger partial charge in [-0.1, -0.05) is 37.7 Å². The molecule has 0 saturated carbocycles. The van der Waals surface area contributed by atoms with Gasteiger partial charge in [-0.3, -0.25) is 9.36 Å². The number of thioether (sulfide) groups is 1. The summed E-state index contributed by atoms with van der Waals surface area (Å²) in [6.07, 6.45) is 2.60. The van der Waals surface area contributed by atoms with E-state index >= 15 is 0 Å². The van der Waals surface area contributed by atoms with E-state index in [9.17, 15) is 4.79 Å². The Balaban J connectivity index is 1.34. The first-order valence-electron chi connectivity index (χ1n) is 11.2. The van der Waals surface area contributed by atoms with Crippen LogP contribution in [0.25, 0.3) is 5.69 Å². The number of nitrogens with zero attached hydrogens (tertiary/aromatic N) is 6. The number of aromatic nitrogens is 3. The second-order valence-electron chi connectivity index (χ2n) is 8.40. The van der Waals surface area contributed by atoms with Crippen LogP contribution in [0.4, 0.5) is 5.69 Å². The molecule has 1 saturated heterocycles. The van der Waals surface area contributed by atoms with Crippen molar-refractivity contribution in [2.45, 2.75) is 31.3 Å². The highest BCUT2D eigenvalue weighted by Crippen LogP contribution is 2.23. The molecule has 7 nitrogen and oxygen atoms in total. The van der Waals surface area contributed by atoms with Gasteiger partial charge in [-0.15, -0.1) is 10.2 Å². The molecule has 0 N–H and O–H groups in total. The van der Waals surface area contributed by atoms with Crippen LogP contribution in [0.3, 0.4) is 0 Å². The van der Waals surface area contributed by atoms with Crippen molar-refractivity contribution in [3.63, 3.8) is 0 Å². The molecule has 1 aliphatic rings. The molecule has 2 heterocycles. The summed E-state index contributed by atoms with van der Waals surface area (Å²) in [4.78, 5) is 17.1. The minimum absolute atomic E-state index is 0.117. The third kappa shape index (κ3) is 5.55. The second-order valence-corrected chi connectivity index (χ2v) is 9.34. The van der Waals surface area contributed by atoms with Crippen LogP contribution in [0.5, 0.6) is 0 Å². The van der Waals surface area contributed by atoms with Gasteiger partial charge in [0, 0.05) is 37.6 Å². The van der Waals surface area contributed by atoms with Gasteiger partial charge in [0.2, 0.25) is 5.91 Å². The summed E-state index contributed by atoms with van der Waals surface area (Å²) < 4.78 is 1.93. The van der Waals surface area contributed by atoms with Crippen LogP contribution >= 0.6 is 11.8 Å². The highest BCUT2D eigenvalue weighted by atomic mass is 32.2. The van der Waals surface area contributed by atoms with Crippen molar-refractivity contribution in [3.8, 4) is 11.8 Å². The zero-order valence-electron chi connectivity index (χ0n) is 19.0. The van der Waals surface area contributed by atoms with Gasteiger partial charge in [-0.05, 0) is 54.3 Å². The molecule has 1 amide bonds. The average molecular weight is 461 g/mol. The number of hydrogen-bond donors (Lipinski definition) is 0. The first-order chi connectivity index (χ1) is 16.0. The van der Waals surface area contributed by atoms with E-state index in [1.54, 1.807) is 6.33 Å². The topological polar surface area (TPSA) is 78.1 Å². The average Bonchev–Trinajstić information content (AvgIpc) is 3.18. The maximum atomic E-state index is 12.9. The SMILES string of the molecule is CC(C)c1ccc(-n2cnnc2SCC(=O)N2CCCN(c3ccc(C#N)cc3)CC2)cc1. The van der Waals surface area contributed by atoms with Crippen molar-refractivity contribution >= 4 is 23.4 Å². The zero-order chi connectivity index (χ0) is 23.2. The molecular weight excluding hydrogens is 432 g/mol. The monoisotopic (exact) mass is 460 g/mol. The number of benzene rings is 2. The molecule has 4 rings (SSSR count). The number of carbonyl (C=O) groups excluding carboxylic acids is 1. The third-order valence-corrected chi connectivity index (χ3v) is 6.82. The van der Waals surface area contributed by atoms with Gasteiger partial charge < -0.3 is 9.80 Å². The third-order valence-electron chi connectivity index (χ3n) is 5.89. The molecule has 2 aromatic carbocycles. The van der Waals surface area contributed by atoms with Crippen molar-refractivity contribution in [2.75, 3.05) is 36.8 Å². The van der Waals surface area contributed by atoms with Crippen LogP contribution in [0, 0.1) is 11.3 Å². The van der Waals surface area contributed by atoms with Gasteiger partial charge in [0.15, 0.2) is 5.16 Å². The van der Waals surface area contributed by atoms with E-state index in [0.29, 0.717) is 23.8 Å². The summed E-state index contributed by atoms with van der Waals surface area (Å²) >= 11 is 1.42. The fourth-order valence-corrected chi connectivity index (χ4v) is 4.74. The van der Waals surface area contributed by atoms with E-state index in [1.807, 2.05) is 33.7 Å². The summed E-state index contributed by atoms with van der Waals surface area (Å²) in [5, 5.41) is 18.0. The number of carbonyl (C=O) groups is 1. The van der Waals surface area contributed by atoms with E-state index in [2.05, 4.69) is 59.3 Å². The first kappa shape index (κ1) is 22.9. The van der Waals surface area contributed by atoms with E-state index in [4.69, 9.17) is 5.26 Å². The van der Waals surface area contributed by atoms with Crippen molar-refractivity contribution < 1.29 is 4.79 Å². The molecule has 170 valence electrons. The Morgan fingerprint density at radius 1 is 1.03 bits per heavy atom. The van der Waals surface area contributed by atoms with Gasteiger partial charge in [-0.2, -0.15) is 5.26 Å². The van der Waals surface area contributed by atoms with Crippen molar-refractivity contribution in [1.29, 1.82) is 5.26 Å². The number of amides is 1. The largest absolute Gasteiger partial charge is 0.370 e. The molecule has 1 fully saturated rings. The summed E-state index contributed by atoms with van der Waals surface area (Å²) in [7, 11) is 0. The Bertz CT molecular complexity index is 1120. The molecule has 0 unspecified atom stereocenters. The van der Waals surface area contributed by atoms with Crippen LogP contribution in [0.15, 0.2) is 60.0 Å². The van der Waals surface area contributed by atoms with Crippen molar-refractivity contribution in [3.05, 3.63) is 66.0 Å². The number of anilines is 1.